The van der Waals surface area contributed by atoms with E-state index in [1.54, 1.807) is 41.3 Å². The zero-order chi connectivity index (χ0) is 28.1. The molecule has 202 valence electrons. The Morgan fingerprint density at radius 2 is 1.74 bits per heavy atom. The number of hydrogen-bond acceptors (Lipinski definition) is 5. The van der Waals surface area contributed by atoms with Crippen LogP contribution in [0, 0.1) is 5.82 Å². The van der Waals surface area contributed by atoms with Crippen LogP contribution in [0.25, 0.3) is 6.08 Å². The van der Waals surface area contributed by atoms with E-state index in [1.165, 1.54) is 23.4 Å². The number of carbonyl (C=O) groups is 2. The molecule has 1 N–H and O–H groups in total. The molecule has 8 heteroatoms. The number of amidine groups is 1. The summed E-state index contributed by atoms with van der Waals surface area (Å²) in [6.07, 6.45) is 1.63. The van der Waals surface area contributed by atoms with Crippen LogP contribution in [0.15, 0.2) is 76.6 Å². The lowest BCUT2D eigenvalue weighted by Crippen LogP contribution is -2.28. The maximum absolute atomic E-state index is 15.1. The SMILES string of the molecule is CCN1C(=O)/C(=C/c2ccc(N(C)Cc3ccc(C(C)C)cc3)c(F)c2)S/C1=N/c1ccc(CC(=O)O)cc1. The smallest absolute Gasteiger partial charge is 0.307 e. The molecule has 1 aliphatic heterocycles. The molecule has 0 aromatic heterocycles. The standard InChI is InChI=1S/C31H32FN3O3S/c1-5-35-30(38)28(39-31(35)33-25-13-8-21(9-14-25)18-29(36)37)17-23-10-15-27(26(32)16-23)34(4)19-22-6-11-24(12-7-22)20(2)3/h6-17,20H,5,18-19H2,1-4H3,(H,36,37)/b28-17-,33-31+. The molecule has 1 amide bonds. The van der Waals surface area contributed by atoms with Gasteiger partial charge in [-0.05, 0) is 77.2 Å². The first kappa shape index (κ1) is 28.1. The molecule has 0 saturated carbocycles. The maximum atomic E-state index is 15.1. The van der Waals surface area contributed by atoms with Crippen molar-refractivity contribution in [3.05, 3.63) is 99.7 Å². The van der Waals surface area contributed by atoms with E-state index >= 15 is 4.39 Å². The number of likely N-dealkylation sites (N-methyl/N-ethyl adjacent to an activating group) is 1. The molecule has 3 aromatic rings. The number of carbonyl (C=O) groups excluding carboxylic acids is 1. The van der Waals surface area contributed by atoms with Gasteiger partial charge in [0.1, 0.15) is 5.82 Å². The molecule has 1 saturated heterocycles. The van der Waals surface area contributed by atoms with Gasteiger partial charge in [0.25, 0.3) is 5.91 Å². The van der Waals surface area contributed by atoms with Gasteiger partial charge in [0.15, 0.2) is 5.17 Å². The summed E-state index contributed by atoms with van der Waals surface area (Å²) < 4.78 is 15.1. The van der Waals surface area contributed by atoms with Gasteiger partial charge in [0, 0.05) is 20.1 Å². The maximum Gasteiger partial charge on any atom is 0.307 e. The fourth-order valence-electron chi connectivity index (χ4n) is 4.28. The van der Waals surface area contributed by atoms with Crippen molar-refractivity contribution in [2.24, 2.45) is 4.99 Å². The van der Waals surface area contributed by atoms with Crippen LogP contribution in [0.3, 0.4) is 0 Å². The number of amides is 1. The minimum Gasteiger partial charge on any atom is -0.481 e. The fraction of sp³-hybridized carbons (Fsp3) is 0.258. The van der Waals surface area contributed by atoms with Gasteiger partial charge in [-0.25, -0.2) is 9.38 Å². The molecule has 0 aliphatic carbocycles. The van der Waals surface area contributed by atoms with Crippen LogP contribution in [-0.2, 0) is 22.6 Å². The first-order valence-electron chi connectivity index (χ1n) is 12.8. The highest BCUT2D eigenvalue weighted by Gasteiger charge is 2.32. The highest BCUT2D eigenvalue weighted by Crippen LogP contribution is 2.34. The summed E-state index contributed by atoms with van der Waals surface area (Å²) in [6.45, 7) is 7.19. The second-order valence-corrected chi connectivity index (χ2v) is 10.8. The number of rotatable bonds is 9. The second kappa shape index (κ2) is 12.3. The third-order valence-electron chi connectivity index (χ3n) is 6.47. The average molecular weight is 546 g/mol. The van der Waals surface area contributed by atoms with Crippen molar-refractivity contribution in [3.63, 3.8) is 0 Å². The monoisotopic (exact) mass is 545 g/mol. The Morgan fingerprint density at radius 1 is 1.08 bits per heavy atom. The van der Waals surface area contributed by atoms with E-state index in [0.717, 1.165) is 5.56 Å². The van der Waals surface area contributed by atoms with Gasteiger partial charge in [-0.3, -0.25) is 14.5 Å². The normalized spacial score (nSPS) is 15.5. The molecular formula is C31H32FN3O3S. The van der Waals surface area contributed by atoms with Crippen molar-refractivity contribution >= 4 is 46.3 Å². The van der Waals surface area contributed by atoms with E-state index < -0.39 is 5.97 Å². The summed E-state index contributed by atoms with van der Waals surface area (Å²) in [4.78, 5) is 32.4. The molecule has 3 aromatic carbocycles. The molecule has 6 nitrogen and oxygen atoms in total. The van der Waals surface area contributed by atoms with Gasteiger partial charge in [-0.1, -0.05) is 56.3 Å². The zero-order valence-corrected chi connectivity index (χ0v) is 23.3. The van der Waals surface area contributed by atoms with Crippen molar-refractivity contribution in [2.45, 2.75) is 39.7 Å². The Bertz CT molecular complexity index is 1420. The number of thioether (sulfide) groups is 1. The van der Waals surface area contributed by atoms with Crippen LogP contribution >= 0.6 is 11.8 Å². The van der Waals surface area contributed by atoms with E-state index in [4.69, 9.17) is 5.11 Å². The van der Waals surface area contributed by atoms with Crippen molar-refractivity contribution < 1.29 is 19.1 Å². The molecule has 39 heavy (non-hydrogen) atoms. The summed E-state index contributed by atoms with van der Waals surface area (Å²) in [6, 6.07) is 20.3. The quantitative estimate of drug-likeness (QED) is 0.298. The van der Waals surface area contributed by atoms with Crippen LogP contribution in [0.2, 0.25) is 0 Å². The van der Waals surface area contributed by atoms with E-state index in [-0.39, 0.29) is 18.1 Å². The number of anilines is 1. The fourth-order valence-corrected chi connectivity index (χ4v) is 5.35. The summed E-state index contributed by atoms with van der Waals surface area (Å²) >= 11 is 1.24. The minimum atomic E-state index is -0.898. The Kier molecular flexibility index (Phi) is 8.86. The number of carboxylic acids is 1. The molecule has 0 spiro atoms. The first-order chi connectivity index (χ1) is 18.6. The van der Waals surface area contributed by atoms with Gasteiger partial charge in [-0.15, -0.1) is 0 Å². The average Bonchev–Trinajstić information content (AvgIpc) is 3.18. The second-order valence-electron chi connectivity index (χ2n) is 9.75. The summed E-state index contributed by atoms with van der Waals surface area (Å²) in [7, 11) is 1.86. The molecule has 1 heterocycles. The van der Waals surface area contributed by atoms with E-state index in [0.29, 0.717) is 51.6 Å². The van der Waals surface area contributed by atoms with Gasteiger partial charge >= 0.3 is 5.97 Å². The Hall–Kier alpha value is -3.91. The van der Waals surface area contributed by atoms with E-state index in [2.05, 4.69) is 43.1 Å². The Labute approximate surface area is 232 Å². The number of carboxylic acid groups (broad SMARTS) is 1. The zero-order valence-electron chi connectivity index (χ0n) is 22.5. The Balaban J connectivity index is 1.49. The number of hydrogen-bond donors (Lipinski definition) is 1. The molecular weight excluding hydrogens is 513 g/mol. The molecule has 0 atom stereocenters. The lowest BCUT2D eigenvalue weighted by Gasteiger charge is -2.20. The van der Waals surface area contributed by atoms with Crippen LogP contribution in [0.5, 0.6) is 0 Å². The van der Waals surface area contributed by atoms with Gasteiger partial charge < -0.3 is 10.0 Å². The summed E-state index contributed by atoms with van der Waals surface area (Å²) in [5.74, 6) is -0.978. The van der Waals surface area contributed by atoms with Crippen LogP contribution < -0.4 is 4.90 Å². The molecule has 0 radical (unpaired) electrons. The first-order valence-corrected chi connectivity index (χ1v) is 13.7. The highest BCUT2D eigenvalue weighted by molar-refractivity contribution is 8.18. The summed E-state index contributed by atoms with van der Waals surface area (Å²) in [5.41, 5.74) is 4.75. The number of aliphatic imine (C=N–C) groups is 1. The highest BCUT2D eigenvalue weighted by atomic mass is 32.2. The van der Waals surface area contributed by atoms with Crippen LogP contribution in [0.4, 0.5) is 15.8 Å². The number of aliphatic carboxylic acids is 1. The van der Waals surface area contributed by atoms with Gasteiger partial charge in [0.05, 0.1) is 22.7 Å². The van der Waals surface area contributed by atoms with Crippen LogP contribution in [-0.4, -0.2) is 40.6 Å². The third kappa shape index (κ3) is 6.95. The van der Waals surface area contributed by atoms with Gasteiger partial charge in [0.2, 0.25) is 0 Å². The minimum absolute atomic E-state index is 0.0609. The number of nitrogens with zero attached hydrogens (tertiary/aromatic N) is 3. The number of halogens is 1. The van der Waals surface area contributed by atoms with Crippen molar-refractivity contribution in [2.75, 3.05) is 18.5 Å². The lowest BCUT2D eigenvalue weighted by atomic mass is 10.0. The van der Waals surface area contributed by atoms with E-state index in [1.807, 2.05) is 24.9 Å². The molecule has 0 unspecified atom stereocenters. The molecule has 0 bridgehead atoms. The Morgan fingerprint density at radius 3 is 2.33 bits per heavy atom. The van der Waals surface area contributed by atoms with Crippen molar-refractivity contribution in [1.29, 1.82) is 0 Å². The number of benzene rings is 3. The van der Waals surface area contributed by atoms with Gasteiger partial charge in [-0.2, -0.15) is 0 Å². The largest absolute Gasteiger partial charge is 0.481 e. The van der Waals surface area contributed by atoms with Crippen molar-refractivity contribution in [1.82, 2.24) is 4.90 Å². The molecule has 1 fully saturated rings. The van der Waals surface area contributed by atoms with Crippen LogP contribution in [0.1, 0.15) is 48.9 Å². The topological polar surface area (TPSA) is 73.2 Å². The molecule has 1 aliphatic rings. The third-order valence-corrected chi connectivity index (χ3v) is 7.47. The lowest BCUT2D eigenvalue weighted by molar-refractivity contribution is -0.136. The predicted octanol–water partition coefficient (Wildman–Crippen LogP) is 6.84. The molecule has 4 rings (SSSR count). The van der Waals surface area contributed by atoms with Crippen molar-refractivity contribution in [3.8, 4) is 0 Å². The van der Waals surface area contributed by atoms with E-state index in [9.17, 15) is 9.59 Å². The predicted molar refractivity (Wildman–Crippen MR) is 157 cm³/mol. The summed E-state index contributed by atoms with van der Waals surface area (Å²) in [5, 5.41) is 9.48.